The molecule has 1 aliphatic rings. The van der Waals surface area contributed by atoms with Gasteiger partial charge in [0.2, 0.25) is 0 Å². The van der Waals surface area contributed by atoms with Gasteiger partial charge in [0.15, 0.2) is 22.1 Å². The van der Waals surface area contributed by atoms with Crippen molar-refractivity contribution in [2.45, 2.75) is 62.7 Å². The molecular weight excluding hydrogens is 384 g/mol. The first-order valence-corrected chi connectivity index (χ1v) is 10.8. The van der Waals surface area contributed by atoms with Crippen molar-refractivity contribution in [1.29, 1.82) is 0 Å². The van der Waals surface area contributed by atoms with Crippen molar-refractivity contribution in [2.24, 2.45) is 0 Å². The van der Waals surface area contributed by atoms with Crippen molar-refractivity contribution >= 4 is 28.7 Å². The molecule has 0 fully saturated rings. The maximum Gasteiger partial charge on any atom is 0.175 e. The molecule has 7 nitrogen and oxygen atoms in total. The van der Waals surface area contributed by atoms with Crippen molar-refractivity contribution in [1.82, 2.24) is 24.8 Å². The number of fused-ring (bicyclic) bond motifs is 2. The number of aromatic nitrogens is 4. The fraction of sp³-hybridized carbons (Fsp3) is 0.476. The molecule has 3 heterocycles. The normalized spacial score (nSPS) is 13.7. The molecule has 0 spiro atoms. The van der Waals surface area contributed by atoms with Crippen LogP contribution in [0, 0.1) is 6.92 Å². The zero-order chi connectivity index (χ0) is 20.6. The first-order chi connectivity index (χ1) is 13.8. The van der Waals surface area contributed by atoms with Crippen LogP contribution in [0.15, 0.2) is 28.5 Å². The van der Waals surface area contributed by atoms with E-state index in [9.17, 15) is 0 Å². The van der Waals surface area contributed by atoms with Crippen LogP contribution in [0.1, 0.15) is 38.3 Å². The van der Waals surface area contributed by atoms with Crippen molar-refractivity contribution in [3.8, 4) is 5.75 Å². The minimum atomic E-state index is 0.0999. The highest BCUT2D eigenvalue weighted by molar-refractivity contribution is 7.99. The summed E-state index contributed by atoms with van der Waals surface area (Å²) in [5, 5.41) is 4.41. The largest absolute Gasteiger partial charge is 0.493 e. The Bertz CT molecular complexity index is 1040. The Balaban J connectivity index is 1.64. The lowest BCUT2D eigenvalue weighted by Gasteiger charge is -2.20. The summed E-state index contributed by atoms with van der Waals surface area (Å²) in [4.78, 5) is 14.5. The van der Waals surface area contributed by atoms with E-state index in [1.54, 1.807) is 11.8 Å². The fourth-order valence-electron chi connectivity index (χ4n) is 3.45. The number of nitrogen functional groups attached to an aromatic ring is 1. The molecule has 3 aromatic rings. The molecule has 0 atom stereocenters. The van der Waals surface area contributed by atoms with Crippen molar-refractivity contribution < 1.29 is 4.74 Å². The summed E-state index contributed by atoms with van der Waals surface area (Å²) in [6.07, 6.45) is 3.45. The predicted octanol–water partition coefficient (Wildman–Crippen LogP) is 3.58. The van der Waals surface area contributed by atoms with Gasteiger partial charge in [-0.3, -0.25) is 0 Å². The van der Waals surface area contributed by atoms with E-state index in [0.29, 0.717) is 11.3 Å². The molecule has 2 aromatic heterocycles. The molecule has 4 rings (SSSR count). The molecule has 1 aromatic carbocycles. The Morgan fingerprint density at radius 2 is 2.10 bits per heavy atom. The Hall–Kier alpha value is -2.32. The van der Waals surface area contributed by atoms with Gasteiger partial charge >= 0.3 is 0 Å². The predicted molar refractivity (Wildman–Crippen MR) is 117 cm³/mol. The van der Waals surface area contributed by atoms with Gasteiger partial charge in [-0.05, 0) is 57.9 Å². The molecule has 1 aliphatic heterocycles. The summed E-state index contributed by atoms with van der Waals surface area (Å²) < 4.78 is 7.91. The fourth-order valence-corrected chi connectivity index (χ4v) is 4.46. The average Bonchev–Trinajstić information content (AvgIpc) is 3.23. The highest BCUT2D eigenvalue weighted by atomic mass is 32.2. The molecule has 0 radical (unpaired) electrons. The summed E-state index contributed by atoms with van der Waals surface area (Å²) in [7, 11) is 0. The molecule has 0 aliphatic carbocycles. The molecule has 154 valence electrons. The van der Waals surface area contributed by atoms with Crippen LogP contribution < -0.4 is 15.8 Å². The van der Waals surface area contributed by atoms with Gasteiger partial charge in [-0.15, -0.1) is 0 Å². The minimum Gasteiger partial charge on any atom is -0.493 e. The Labute approximate surface area is 175 Å². The lowest BCUT2D eigenvalue weighted by Crippen LogP contribution is -2.36. The van der Waals surface area contributed by atoms with Crippen LogP contribution in [0.3, 0.4) is 0 Å². The second kappa shape index (κ2) is 7.84. The Morgan fingerprint density at radius 1 is 1.28 bits per heavy atom. The molecule has 3 N–H and O–H groups in total. The van der Waals surface area contributed by atoms with Crippen LogP contribution in [0.4, 0.5) is 5.82 Å². The number of hydrogen-bond acceptors (Lipinski definition) is 7. The average molecular weight is 413 g/mol. The van der Waals surface area contributed by atoms with Crippen molar-refractivity contribution in [2.75, 3.05) is 18.9 Å². The van der Waals surface area contributed by atoms with Gasteiger partial charge in [0.05, 0.1) is 6.61 Å². The van der Waals surface area contributed by atoms with Crippen LogP contribution >= 0.6 is 11.8 Å². The van der Waals surface area contributed by atoms with Crippen LogP contribution in [-0.4, -0.2) is 38.2 Å². The highest BCUT2D eigenvalue weighted by Crippen LogP contribution is 2.37. The molecule has 29 heavy (non-hydrogen) atoms. The third kappa shape index (κ3) is 4.33. The zero-order valence-electron chi connectivity index (χ0n) is 17.5. The maximum absolute atomic E-state index is 6.08. The summed E-state index contributed by atoms with van der Waals surface area (Å²) >= 11 is 1.63. The lowest BCUT2D eigenvalue weighted by atomic mass is 10.1. The number of ether oxygens (including phenoxy) is 1. The number of rotatable bonds is 6. The van der Waals surface area contributed by atoms with Crippen LogP contribution in [0.5, 0.6) is 5.75 Å². The second-order valence-electron chi connectivity index (χ2n) is 8.43. The number of nitrogens with zero attached hydrogens (tertiary/aromatic N) is 4. The van der Waals surface area contributed by atoms with Gasteiger partial charge in [-0.2, -0.15) is 0 Å². The van der Waals surface area contributed by atoms with Crippen LogP contribution in [0.2, 0.25) is 0 Å². The molecular formula is C21H28N6OS. The van der Waals surface area contributed by atoms with Gasteiger partial charge in [0.1, 0.15) is 12.1 Å². The number of aryl methyl sites for hydroxylation is 2. The van der Waals surface area contributed by atoms with E-state index in [0.717, 1.165) is 54.0 Å². The second-order valence-corrected chi connectivity index (χ2v) is 9.44. The monoisotopic (exact) mass is 412 g/mol. The summed E-state index contributed by atoms with van der Waals surface area (Å²) in [6.45, 7) is 11.1. The standard InChI is InChI=1S/C21H28N6OS/c1-13-10-14-6-9-28-15(14)11-16(13)29-20-26-17-18(22)23-12-24-19(17)27(20)8-5-7-25-21(2,3)4/h10-12,25H,5-9H2,1-4H3,(H2,22,23,24). The quantitative estimate of drug-likeness (QED) is 0.598. The number of hydrogen-bond donors (Lipinski definition) is 2. The van der Waals surface area contributed by atoms with E-state index in [1.807, 2.05) is 0 Å². The highest BCUT2D eigenvalue weighted by Gasteiger charge is 2.19. The third-order valence-corrected chi connectivity index (χ3v) is 6.08. The molecule has 0 bridgehead atoms. The number of imidazole rings is 1. The topological polar surface area (TPSA) is 90.9 Å². The SMILES string of the molecule is Cc1cc2c(cc1Sc1nc3c(N)ncnc3n1CCCNC(C)(C)C)OCC2. The third-order valence-electron chi connectivity index (χ3n) is 4.93. The van der Waals surface area contributed by atoms with Crippen molar-refractivity contribution in [3.63, 3.8) is 0 Å². The van der Waals surface area contributed by atoms with E-state index >= 15 is 0 Å². The first kappa shape index (κ1) is 20.0. The molecule has 0 saturated heterocycles. The number of anilines is 1. The molecule has 0 unspecified atom stereocenters. The zero-order valence-corrected chi connectivity index (χ0v) is 18.3. The lowest BCUT2D eigenvalue weighted by molar-refractivity contribution is 0.356. The smallest absolute Gasteiger partial charge is 0.175 e. The van der Waals surface area contributed by atoms with E-state index in [1.165, 1.54) is 17.5 Å². The van der Waals surface area contributed by atoms with Crippen LogP contribution in [-0.2, 0) is 13.0 Å². The Kier molecular flexibility index (Phi) is 5.40. The van der Waals surface area contributed by atoms with Crippen molar-refractivity contribution in [3.05, 3.63) is 29.6 Å². The van der Waals surface area contributed by atoms with Gasteiger partial charge in [-0.25, -0.2) is 15.0 Å². The first-order valence-electron chi connectivity index (χ1n) is 9.98. The summed E-state index contributed by atoms with van der Waals surface area (Å²) in [6, 6.07) is 4.35. The summed E-state index contributed by atoms with van der Waals surface area (Å²) in [5.41, 5.74) is 10.1. The molecule has 8 heteroatoms. The van der Waals surface area contributed by atoms with Gasteiger partial charge in [0, 0.05) is 23.4 Å². The number of nitrogens with one attached hydrogen (secondary N) is 1. The van der Waals surface area contributed by atoms with Crippen LogP contribution in [0.25, 0.3) is 11.2 Å². The van der Waals surface area contributed by atoms with Gasteiger partial charge in [0.25, 0.3) is 0 Å². The minimum absolute atomic E-state index is 0.0999. The van der Waals surface area contributed by atoms with E-state index in [4.69, 9.17) is 15.5 Å². The van der Waals surface area contributed by atoms with Gasteiger partial charge in [-0.1, -0.05) is 17.8 Å². The van der Waals surface area contributed by atoms with E-state index in [2.05, 4.69) is 59.7 Å². The number of nitrogens with two attached hydrogens (primary N) is 1. The summed E-state index contributed by atoms with van der Waals surface area (Å²) in [5.74, 6) is 1.40. The number of benzene rings is 1. The maximum atomic E-state index is 6.08. The van der Waals surface area contributed by atoms with Gasteiger partial charge < -0.3 is 20.4 Å². The van der Waals surface area contributed by atoms with E-state index < -0.39 is 0 Å². The molecule has 0 saturated carbocycles. The Morgan fingerprint density at radius 3 is 2.90 bits per heavy atom. The molecule has 0 amide bonds. The van der Waals surface area contributed by atoms with E-state index in [-0.39, 0.29) is 5.54 Å².